The Morgan fingerprint density at radius 3 is 2.37 bits per heavy atom. The van der Waals surface area contributed by atoms with Gasteiger partial charge in [0, 0.05) is 20.2 Å². The lowest BCUT2D eigenvalue weighted by Crippen LogP contribution is -2.12. The molecule has 6 heteroatoms. The van der Waals surface area contributed by atoms with Crippen LogP contribution in [0, 0.1) is 5.82 Å². The third kappa shape index (κ3) is 3.69. The Kier molecular flexibility index (Phi) is 4.45. The molecule has 0 fully saturated rings. The number of amides is 1. The minimum Gasteiger partial charge on any atom is -0.322 e. The molecule has 0 heterocycles. The van der Waals surface area contributed by atoms with Crippen LogP contribution in [-0.2, 0) is 0 Å². The smallest absolute Gasteiger partial charge is 0.256 e. The molecule has 1 amide bonds. The van der Waals surface area contributed by atoms with Gasteiger partial charge in [0.25, 0.3) is 5.91 Å². The van der Waals surface area contributed by atoms with Gasteiger partial charge in [-0.1, -0.05) is 23.2 Å². The molecule has 0 bridgehead atoms. The molecule has 0 radical (unpaired) electrons. The zero-order valence-electron chi connectivity index (χ0n) is 9.38. The predicted octanol–water partition coefficient (Wildman–Crippen LogP) is 5.15. The maximum atomic E-state index is 13.1. The van der Waals surface area contributed by atoms with E-state index in [9.17, 15) is 9.18 Å². The van der Waals surface area contributed by atoms with Crippen LogP contribution >= 0.6 is 39.1 Å². The van der Waals surface area contributed by atoms with E-state index in [-0.39, 0.29) is 5.56 Å². The molecule has 0 saturated heterocycles. The molecule has 2 aromatic carbocycles. The van der Waals surface area contributed by atoms with E-state index in [1.807, 2.05) is 0 Å². The second kappa shape index (κ2) is 5.90. The second-order valence-corrected chi connectivity index (χ2v) is 5.46. The molecule has 98 valence electrons. The van der Waals surface area contributed by atoms with Gasteiger partial charge in [-0.05, 0) is 52.3 Å². The molecule has 2 aromatic rings. The summed E-state index contributed by atoms with van der Waals surface area (Å²) in [6.45, 7) is 0. The van der Waals surface area contributed by atoms with Gasteiger partial charge in [0.1, 0.15) is 5.82 Å². The van der Waals surface area contributed by atoms with Crippen molar-refractivity contribution in [1.82, 2.24) is 0 Å². The summed E-state index contributed by atoms with van der Waals surface area (Å²) in [7, 11) is 0. The molecule has 0 atom stereocenters. The molecule has 0 unspecified atom stereocenters. The molecule has 0 aliphatic heterocycles. The highest BCUT2D eigenvalue weighted by molar-refractivity contribution is 9.10. The van der Waals surface area contributed by atoms with Crippen molar-refractivity contribution in [1.29, 1.82) is 0 Å². The fraction of sp³-hybridized carbons (Fsp3) is 0. The van der Waals surface area contributed by atoms with Crippen LogP contribution in [0.5, 0.6) is 0 Å². The summed E-state index contributed by atoms with van der Waals surface area (Å²) in [5.41, 5.74) is 0.634. The number of carbonyl (C=O) groups excluding carboxylic acids is 1. The third-order valence-electron chi connectivity index (χ3n) is 2.29. The van der Waals surface area contributed by atoms with Crippen LogP contribution in [0.1, 0.15) is 10.4 Å². The van der Waals surface area contributed by atoms with Crippen molar-refractivity contribution >= 4 is 50.7 Å². The fourth-order valence-corrected chi connectivity index (χ4v) is 2.45. The maximum Gasteiger partial charge on any atom is 0.256 e. The Morgan fingerprint density at radius 1 is 1.11 bits per heavy atom. The number of rotatable bonds is 2. The van der Waals surface area contributed by atoms with Crippen LogP contribution in [0.2, 0.25) is 10.0 Å². The first kappa shape index (κ1) is 14.3. The lowest BCUT2D eigenvalue weighted by Gasteiger charge is -2.08. The van der Waals surface area contributed by atoms with E-state index in [1.165, 1.54) is 12.1 Å². The topological polar surface area (TPSA) is 29.1 Å². The van der Waals surface area contributed by atoms with Crippen LogP contribution < -0.4 is 5.32 Å². The summed E-state index contributed by atoms with van der Waals surface area (Å²) in [6, 6.07) is 8.53. The largest absolute Gasteiger partial charge is 0.322 e. The zero-order valence-corrected chi connectivity index (χ0v) is 12.5. The van der Waals surface area contributed by atoms with Gasteiger partial charge in [-0.15, -0.1) is 0 Å². The molecule has 0 aliphatic rings. The van der Waals surface area contributed by atoms with Crippen LogP contribution in [-0.4, -0.2) is 5.91 Å². The van der Waals surface area contributed by atoms with Crippen molar-refractivity contribution < 1.29 is 9.18 Å². The Balaban J connectivity index is 2.28. The quantitative estimate of drug-likeness (QED) is 0.786. The van der Waals surface area contributed by atoms with E-state index in [0.29, 0.717) is 20.2 Å². The molecule has 0 aliphatic carbocycles. The van der Waals surface area contributed by atoms with Crippen molar-refractivity contribution in [3.8, 4) is 0 Å². The lowest BCUT2D eigenvalue weighted by atomic mass is 10.2. The maximum absolute atomic E-state index is 13.1. The summed E-state index contributed by atoms with van der Waals surface area (Å²) < 4.78 is 13.6. The van der Waals surface area contributed by atoms with Crippen molar-refractivity contribution in [2.45, 2.75) is 0 Å². The Morgan fingerprint density at radius 2 is 1.74 bits per heavy atom. The highest BCUT2D eigenvalue weighted by Crippen LogP contribution is 2.24. The SMILES string of the molecule is O=C(Nc1cc(Cl)cc(Cl)c1)c1cc(F)ccc1Br. The van der Waals surface area contributed by atoms with Crippen molar-refractivity contribution in [2.24, 2.45) is 0 Å². The van der Waals surface area contributed by atoms with Gasteiger partial charge in [-0.2, -0.15) is 0 Å². The summed E-state index contributed by atoms with van der Waals surface area (Å²) in [4.78, 5) is 12.0. The van der Waals surface area contributed by atoms with E-state index in [2.05, 4.69) is 21.2 Å². The predicted molar refractivity (Wildman–Crippen MR) is 78.5 cm³/mol. The van der Waals surface area contributed by atoms with Crippen molar-refractivity contribution in [3.63, 3.8) is 0 Å². The minimum atomic E-state index is -0.488. The number of halogens is 4. The van der Waals surface area contributed by atoms with Gasteiger partial charge in [0.2, 0.25) is 0 Å². The molecule has 19 heavy (non-hydrogen) atoms. The average molecular weight is 363 g/mol. The molecule has 0 spiro atoms. The Labute approximate surface area is 127 Å². The Hall–Kier alpha value is -1.10. The first-order valence-electron chi connectivity index (χ1n) is 5.18. The number of hydrogen-bond donors (Lipinski definition) is 1. The highest BCUT2D eigenvalue weighted by Gasteiger charge is 2.12. The molecule has 2 rings (SSSR count). The van der Waals surface area contributed by atoms with Gasteiger partial charge in [0.05, 0.1) is 5.56 Å². The first-order chi connectivity index (χ1) is 8.95. The summed E-state index contributed by atoms with van der Waals surface area (Å²) >= 11 is 14.9. The third-order valence-corrected chi connectivity index (χ3v) is 3.42. The lowest BCUT2D eigenvalue weighted by molar-refractivity contribution is 0.102. The first-order valence-corrected chi connectivity index (χ1v) is 6.73. The van der Waals surface area contributed by atoms with Crippen LogP contribution in [0.15, 0.2) is 40.9 Å². The van der Waals surface area contributed by atoms with E-state index in [1.54, 1.807) is 18.2 Å². The van der Waals surface area contributed by atoms with Crippen molar-refractivity contribution in [3.05, 3.63) is 62.3 Å². The molecule has 0 aromatic heterocycles. The Bertz CT molecular complexity index is 628. The fourth-order valence-electron chi connectivity index (χ4n) is 1.50. The number of nitrogens with one attached hydrogen (secondary N) is 1. The molecular weight excluding hydrogens is 356 g/mol. The van der Waals surface area contributed by atoms with E-state index in [4.69, 9.17) is 23.2 Å². The monoisotopic (exact) mass is 361 g/mol. The van der Waals surface area contributed by atoms with Gasteiger partial charge in [-0.25, -0.2) is 4.39 Å². The van der Waals surface area contributed by atoms with Crippen molar-refractivity contribution in [2.75, 3.05) is 5.32 Å². The normalized spacial score (nSPS) is 10.3. The van der Waals surface area contributed by atoms with E-state index >= 15 is 0 Å². The molecule has 1 N–H and O–H groups in total. The van der Waals surface area contributed by atoms with Crippen LogP contribution in [0.25, 0.3) is 0 Å². The molecular formula is C13H7BrCl2FNO. The number of carbonyl (C=O) groups is 1. The zero-order chi connectivity index (χ0) is 14.0. The van der Waals surface area contributed by atoms with E-state index < -0.39 is 11.7 Å². The van der Waals surface area contributed by atoms with Gasteiger partial charge >= 0.3 is 0 Å². The van der Waals surface area contributed by atoms with Crippen LogP contribution in [0.4, 0.5) is 10.1 Å². The van der Waals surface area contributed by atoms with Gasteiger partial charge in [-0.3, -0.25) is 4.79 Å². The highest BCUT2D eigenvalue weighted by atomic mass is 79.9. The summed E-state index contributed by atoms with van der Waals surface area (Å²) in [5.74, 6) is -0.942. The number of anilines is 1. The minimum absolute atomic E-state index is 0.191. The van der Waals surface area contributed by atoms with E-state index in [0.717, 1.165) is 6.07 Å². The number of benzene rings is 2. The standard InChI is InChI=1S/C13H7BrCl2FNO/c14-12-2-1-9(17)6-11(12)13(19)18-10-4-7(15)3-8(16)5-10/h1-6H,(H,18,19). The number of hydrogen-bond acceptors (Lipinski definition) is 1. The van der Waals surface area contributed by atoms with Crippen LogP contribution in [0.3, 0.4) is 0 Å². The van der Waals surface area contributed by atoms with Gasteiger partial charge in [0.15, 0.2) is 0 Å². The second-order valence-electron chi connectivity index (χ2n) is 3.74. The molecule has 0 saturated carbocycles. The average Bonchev–Trinajstić information content (AvgIpc) is 2.30. The van der Waals surface area contributed by atoms with Gasteiger partial charge < -0.3 is 5.32 Å². The summed E-state index contributed by atoms with van der Waals surface area (Å²) in [5, 5.41) is 3.41. The summed E-state index contributed by atoms with van der Waals surface area (Å²) in [6.07, 6.45) is 0. The molecule has 2 nitrogen and oxygen atoms in total.